The van der Waals surface area contributed by atoms with E-state index in [2.05, 4.69) is 5.32 Å². The number of nitrogens with two attached hydrogens (primary N) is 1. The molecule has 0 aromatic heterocycles. The van der Waals surface area contributed by atoms with Crippen molar-refractivity contribution in [1.29, 1.82) is 0 Å². The van der Waals surface area contributed by atoms with Crippen molar-refractivity contribution < 1.29 is 9.59 Å². The van der Waals surface area contributed by atoms with Gasteiger partial charge in [-0.1, -0.05) is 6.07 Å². The van der Waals surface area contributed by atoms with Crippen molar-refractivity contribution in [2.24, 2.45) is 11.7 Å². The van der Waals surface area contributed by atoms with Crippen LogP contribution in [0.25, 0.3) is 0 Å². The predicted octanol–water partition coefficient (Wildman–Crippen LogP) is 1.80. The Kier molecular flexibility index (Phi) is 5.29. The van der Waals surface area contributed by atoms with Gasteiger partial charge in [0.1, 0.15) is 0 Å². The van der Waals surface area contributed by atoms with Crippen molar-refractivity contribution in [1.82, 2.24) is 4.90 Å². The fourth-order valence-corrected chi connectivity index (χ4v) is 3.25. The molecule has 22 heavy (non-hydrogen) atoms. The van der Waals surface area contributed by atoms with Crippen LogP contribution < -0.4 is 11.1 Å². The van der Waals surface area contributed by atoms with Crippen LogP contribution in [0, 0.1) is 5.92 Å². The summed E-state index contributed by atoms with van der Waals surface area (Å²) < 4.78 is 0. The van der Waals surface area contributed by atoms with E-state index in [4.69, 9.17) is 5.73 Å². The normalized spacial score (nSPS) is 17.9. The lowest BCUT2D eigenvalue weighted by Gasteiger charge is -2.31. The third-order valence-electron chi connectivity index (χ3n) is 4.51. The second kappa shape index (κ2) is 7.01. The Bertz CT molecular complexity index is 569. The summed E-state index contributed by atoms with van der Waals surface area (Å²) in [5.41, 5.74) is 8.36. The molecule has 2 heterocycles. The summed E-state index contributed by atoms with van der Waals surface area (Å²) in [7, 11) is 0. The van der Waals surface area contributed by atoms with E-state index in [0.29, 0.717) is 25.9 Å². The lowest BCUT2D eigenvalue weighted by Crippen LogP contribution is -2.42. The predicted molar refractivity (Wildman–Crippen MR) is 88.3 cm³/mol. The average Bonchev–Trinajstić information content (AvgIpc) is 2.53. The molecular weight excluding hydrogens is 302 g/mol. The van der Waals surface area contributed by atoms with Gasteiger partial charge in [0.15, 0.2) is 0 Å². The van der Waals surface area contributed by atoms with Crippen molar-refractivity contribution in [3.8, 4) is 0 Å². The number of anilines is 1. The van der Waals surface area contributed by atoms with Gasteiger partial charge in [-0.05, 0) is 43.4 Å². The first-order valence-electron chi connectivity index (χ1n) is 7.61. The van der Waals surface area contributed by atoms with Crippen LogP contribution in [-0.2, 0) is 11.2 Å². The number of piperidine rings is 1. The Labute approximate surface area is 136 Å². The summed E-state index contributed by atoms with van der Waals surface area (Å²) in [5, 5.41) is 3.35. The molecule has 0 atom stereocenters. The lowest BCUT2D eigenvalue weighted by molar-refractivity contribution is -0.123. The number of halogens is 1. The van der Waals surface area contributed by atoms with Crippen LogP contribution in [0.4, 0.5) is 5.69 Å². The highest BCUT2D eigenvalue weighted by Crippen LogP contribution is 2.27. The second-order valence-corrected chi connectivity index (χ2v) is 5.83. The maximum Gasteiger partial charge on any atom is 0.254 e. The van der Waals surface area contributed by atoms with Gasteiger partial charge in [-0.15, -0.1) is 12.4 Å². The minimum absolute atomic E-state index is 0. The van der Waals surface area contributed by atoms with Gasteiger partial charge in [-0.3, -0.25) is 9.59 Å². The number of carbonyl (C=O) groups is 2. The number of rotatable bonds is 2. The Morgan fingerprint density at radius 1 is 1.23 bits per heavy atom. The van der Waals surface area contributed by atoms with Gasteiger partial charge >= 0.3 is 0 Å². The number of benzene rings is 1. The number of fused-ring (bicyclic) bond motifs is 1. The molecule has 1 aromatic carbocycles. The molecule has 0 spiro atoms. The third kappa shape index (κ3) is 3.19. The summed E-state index contributed by atoms with van der Waals surface area (Å²) in [4.78, 5) is 25.8. The topological polar surface area (TPSA) is 75.4 Å². The van der Waals surface area contributed by atoms with Crippen LogP contribution in [0.5, 0.6) is 0 Å². The Morgan fingerprint density at radius 2 is 1.95 bits per heavy atom. The third-order valence-corrected chi connectivity index (χ3v) is 4.51. The van der Waals surface area contributed by atoms with Gasteiger partial charge in [-0.2, -0.15) is 0 Å². The van der Waals surface area contributed by atoms with Crippen molar-refractivity contribution >= 4 is 29.9 Å². The van der Waals surface area contributed by atoms with E-state index in [1.807, 2.05) is 23.1 Å². The largest absolute Gasteiger partial charge is 0.385 e. The van der Waals surface area contributed by atoms with Crippen molar-refractivity contribution in [3.05, 3.63) is 29.3 Å². The SMILES string of the molecule is Cl.NC(=O)C1CCN(C(=O)c2cccc3c2CCCN3)CC1. The van der Waals surface area contributed by atoms with E-state index in [9.17, 15) is 9.59 Å². The quantitative estimate of drug-likeness (QED) is 0.871. The number of hydrogen-bond donors (Lipinski definition) is 2. The summed E-state index contributed by atoms with van der Waals surface area (Å²) in [6, 6.07) is 5.87. The van der Waals surface area contributed by atoms with E-state index >= 15 is 0 Å². The van der Waals surface area contributed by atoms with Gasteiger partial charge in [0, 0.05) is 36.8 Å². The molecule has 5 nitrogen and oxygen atoms in total. The van der Waals surface area contributed by atoms with E-state index in [1.165, 1.54) is 0 Å². The highest BCUT2D eigenvalue weighted by molar-refractivity contribution is 5.97. The first kappa shape index (κ1) is 16.6. The highest BCUT2D eigenvalue weighted by Gasteiger charge is 2.28. The highest BCUT2D eigenvalue weighted by atomic mass is 35.5. The zero-order chi connectivity index (χ0) is 14.8. The number of likely N-dealkylation sites (tertiary alicyclic amines) is 1. The smallest absolute Gasteiger partial charge is 0.254 e. The summed E-state index contributed by atoms with van der Waals surface area (Å²) >= 11 is 0. The molecule has 2 aliphatic heterocycles. The van der Waals surface area contributed by atoms with Gasteiger partial charge in [0.05, 0.1) is 0 Å². The van der Waals surface area contributed by atoms with Gasteiger partial charge in [0.25, 0.3) is 5.91 Å². The van der Waals surface area contributed by atoms with Crippen molar-refractivity contribution in [2.75, 3.05) is 25.0 Å². The molecule has 0 radical (unpaired) electrons. The zero-order valence-corrected chi connectivity index (χ0v) is 13.3. The van der Waals surface area contributed by atoms with Crippen molar-refractivity contribution in [2.45, 2.75) is 25.7 Å². The molecular formula is C16H22ClN3O2. The Morgan fingerprint density at radius 3 is 2.64 bits per heavy atom. The zero-order valence-electron chi connectivity index (χ0n) is 12.5. The monoisotopic (exact) mass is 323 g/mol. The molecule has 0 unspecified atom stereocenters. The number of nitrogens with zero attached hydrogens (tertiary/aromatic N) is 1. The van der Waals surface area contributed by atoms with Crippen LogP contribution >= 0.6 is 12.4 Å². The van der Waals surface area contributed by atoms with Crippen LogP contribution in [0.15, 0.2) is 18.2 Å². The summed E-state index contributed by atoms with van der Waals surface area (Å²) in [5.74, 6) is -0.248. The Balaban J connectivity index is 0.00000176. The Hall–Kier alpha value is -1.75. The van der Waals surface area contributed by atoms with Gasteiger partial charge in [-0.25, -0.2) is 0 Å². The molecule has 1 fully saturated rings. The fraction of sp³-hybridized carbons (Fsp3) is 0.500. The maximum atomic E-state index is 12.7. The lowest BCUT2D eigenvalue weighted by atomic mass is 9.93. The first-order valence-corrected chi connectivity index (χ1v) is 7.61. The van der Waals surface area contributed by atoms with E-state index < -0.39 is 0 Å². The van der Waals surface area contributed by atoms with Gasteiger partial charge < -0.3 is 16.0 Å². The van der Waals surface area contributed by atoms with Crippen LogP contribution in [0.3, 0.4) is 0 Å². The number of nitrogens with one attached hydrogen (secondary N) is 1. The fourth-order valence-electron chi connectivity index (χ4n) is 3.25. The van der Waals surface area contributed by atoms with Crippen LogP contribution in [0.2, 0.25) is 0 Å². The molecule has 2 amide bonds. The standard InChI is InChI=1S/C16H21N3O2.ClH/c17-15(20)11-6-9-19(10-7-11)16(21)13-3-1-5-14-12(13)4-2-8-18-14;/h1,3,5,11,18H,2,4,6-10H2,(H2,17,20);1H. The first-order chi connectivity index (χ1) is 10.2. The number of carbonyl (C=O) groups excluding carboxylic acids is 2. The molecule has 120 valence electrons. The number of hydrogen-bond acceptors (Lipinski definition) is 3. The molecule has 2 aliphatic rings. The van der Waals surface area contributed by atoms with E-state index in [1.54, 1.807) is 0 Å². The summed E-state index contributed by atoms with van der Waals surface area (Å²) in [6.07, 6.45) is 3.35. The second-order valence-electron chi connectivity index (χ2n) is 5.83. The van der Waals surface area contributed by atoms with E-state index in [0.717, 1.165) is 36.2 Å². The minimum Gasteiger partial charge on any atom is -0.385 e. The number of amides is 2. The molecule has 6 heteroatoms. The molecule has 0 saturated carbocycles. The molecule has 3 N–H and O–H groups in total. The maximum absolute atomic E-state index is 12.7. The summed E-state index contributed by atoms with van der Waals surface area (Å²) in [6.45, 7) is 2.20. The van der Waals surface area contributed by atoms with Crippen molar-refractivity contribution in [3.63, 3.8) is 0 Å². The average molecular weight is 324 g/mol. The van der Waals surface area contributed by atoms with Crippen LogP contribution in [0.1, 0.15) is 35.2 Å². The minimum atomic E-state index is -0.247. The number of primary amides is 1. The van der Waals surface area contributed by atoms with Crippen LogP contribution in [-0.4, -0.2) is 36.3 Å². The molecule has 1 saturated heterocycles. The van der Waals surface area contributed by atoms with Gasteiger partial charge in [0.2, 0.25) is 5.91 Å². The molecule has 0 bridgehead atoms. The van der Waals surface area contributed by atoms with E-state index in [-0.39, 0.29) is 30.1 Å². The molecule has 3 rings (SSSR count). The molecule has 1 aromatic rings. The molecule has 0 aliphatic carbocycles.